The molecule has 74 valence electrons. The van der Waals surface area contributed by atoms with Crippen LogP contribution in [0.3, 0.4) is 0 Å². The first-order valence-corrected chi connectivity index (χ1v) is 4.93. The number of nitrogens with two attached hydrogens (primary N) is 1. The van der Waals surface area contributed by atoms with E-state index in [2.05, 4.69) is 9.97 Å². The fourth-order valence-electron chi connectivity index (χ4n) is 0.769. The molecule has 3 nitrogen and oxygen atoms in total. The second kappa shape index (κ2) is 7.29. The minimum Gasteiger partial charge on any atom is -0.330 e. The van der Waals surface area contributed by atoms with Crippen molar-refractivity contribution < 1.29 is 0 Å². The maximum Gasteiger partial charge on any atom is 0.116 e. The molecule has 13 heavy (non-hydrogen) atoms. The van der Waals surface area contributed by atoms with Gasteiger partial charge in [-0.1, -0.05) is 0 Å². The average molecular weight is 264 g/mol. The van der Waals surface area contributed by atoms with Crippen LogP contribution < -0.4 is 5.73 Å². The Hall–Kier alpha value is -0.130. The molecule has 1 aromatic rings. The molecule has 0 aliphatic carbocycles. The average Bonchev–Trinajstić information content (AvgIpc) is 2.05. The van der Waals surface area contributed by atoms with Crippen LogP contribution in [0, 0.1) is 6.92 Å². The van der Waals surface area contributed by atoms with Gasteiger partial charge in [-0.2, -0.15) is 0 Å². The predicted molar refractivity (Wildman–Crippen MR) is 61.5 cm³/mol. The molecule has 1 heterocycles. The van der Waals surface area contributed by atoms with Gasteiger partial charge in [0.25, 0.3) is 0 Å². The fourth-order valence-corrected chi connectivity index (χ4v) is 1.66. The molecule has 0 saturated heterocycles. The number of hydrogen-bond acceptors (Lipinski definition) is 4. The van der Waals surface area contributed by atoms with Gasteiger partial charge in [-0.05, 0) is 26.0 Å². The molecular formula is C8H14BrN3S. The fraction of sp³-hybridized carbons (Fsp3) is 0.500. The first kappa shape index (κ1) is 12.9. The normalized spacial score (nSPS) is 9.38. The Bertz CT molecular complexity index is 245. The van der Waals surface area contributed by atoms with Crippen LogP contribution in [0.4, 0.5) is 0 Å². The summed E-state index contributed by atoms with van der Waals surface area (Å²) in [6.07, 6.45) is 2.63. The van der Waals surface area contributed by atoms with E-state index < -0.39 is 0 Å². The third-order valence-electron chi connectivity index (χ3n) is 1.38. The smallest absolute Gasteiger partial charge is 0.116 e. The molecule has 0 aliphatic rings. The van der Waals surface area contributed by atoms with Crippen molar-refractivity contribution in [2.45, 2.75) is 18.4 Å². The lowest BCUT2D eigenvalue weighted by molar-refractivity contribution is 0.937. The number of hydrogen-bond donors (Lipinski definition) is 1. The first-order valence-electron chi connectivity index (χ1n) is 3.94. The van der Waals surface area contributed by atoms with E-state index >= 15 is 0 Å². The van der Waals surface area contributed by atoms with Gasteiger partial charge in [-0.3, -0.25) is 0 Å². The zero-order chi connectivity index (χ0) is 8.81. The molecule has 0 aromatic carbocycles. The van der Waals surface area contributed by atoms with Crippen LogP contribution in [0.1, 0.15) is 12.1 Å². The quantitative estimate of drug-likeness (QED) is 0.512. The van der Waals surface area contributed by atoms with Crippen molar-refractivity contribution in [3.05, 3.63) is 18.1 Å². The van der Waals surface area contributed by atoms with Gasteiger partial charge in [0.15, 0.2) is 0 Å². The Morgan fingerprint density at radius 2 is 2.23 bits per heavy atom. The summed E-state index contributed by atoms with van der Waals surface area (Å²) in [5.41, 5.74) is 6.39. The number of halogens is 1. The van der Waals surface area contributed by atoms with Gasteiger partial charge >= 0.3 is 0 Å². The minimum atomic E-state index is 0. The van der Waals surface area contributed by atoms with Gasteiger partial charge in [0.1, 0.15) is 6.33 Å². The van der Waals surface area contributed by atoms with Crippen LogP contribution in [-0.4, -0.2) is 22.3 Å². The Morgan fingerprint density at radius 1 is 1.46 bits per heavy atom. The SMILES string of the molecule is Br.Cc1cc(SCCCN)ncn1. The zero-order valence-electron chi connectivity index (χ0n) is 7.56. The van der Waals surface area contributed by atoms with E-state index in [0.29, 0.717) is 0 Å². The van der Waals surface area contributed by atoms with Gasteiger partial charge in [-0.25, -0.2) is 9.97 Å². The Kier molecular flexibility index (Phi) is 7.22. The summed E-state index contributed by atoms with van der Waals surface area (Å²) in [6.45, 7) is 2.71. The van der Waals surface area contributed by atoms with Gasteiger partial charge in [0.05, 0.1) is 5.03 Å². The predicted octanol–water partition coefficient (Wildman–Crippen LogP) is 1.80. The lowest BCUT2D eigenvalue weighted by Gasteiger charge is -1.98. The molecule has 0 unspecified atom stereocenters. The molecule has 0 amide bonds. The van der Waals surface area contributed by atoms with Crippen molar-refractivity contribution in [2.75, 3.05) is 12.3 Å². The zero-order valence-corrected chi connectivity index (χ0v) is 10.1. The Morgan fingerprint density at radius 3 is 2.85 bits per heavy atom. The van der Waals surface area contributed by atoms with Crippen molar-refractivity contribution in [2.24, 2.45) is 5.73 Å². The van der Waals surface area contributed by atoms with Crippen LogP contribution in [0.5, 0.6) is 0 Å². The van der Waals surface area contributed by atoms with Crippen molar-refractivity contribution in [1.82, 2.24) is 9.97 Å². The molecule has 0 fully saturated rings. The molecule has 0 spiro atoms. The summed E-state index contributed by atoms with van der Waals surface area (Å²) in [5, 5.41) is 1.04. The summed E-state index contributed by atoms with van der Waals surface area (Å²) in [6, 6.07) is 1.99. The molecular weight excluding hydrogens is 250 g/mol. The summed E-state index contributed by atoms with van der Waals surface area (Å²) in [4.78, 5) is 8.14. The summed E-state index contributed by atoms with van der Waals surface area (Å²) in [5.74, 6) is 1.03. The molecule has 0 aliphatic heterocycles. The van der Waals surface area contributed by atoms with Gasteiger partial charge in [0.2, 0.25) is 0 Å². The highest BCUT2D eigenvalue weighted by atomic mass is 79.9. The molecule has 0 atom stereocenters. The van der Waals surface area contributed by atoms with E-state index in [4.69, 9.17) is 5.73 Å². The van der Waals surface area contributed by atoms with Crippen LogP contribution in [0.15, 0.2) is 17.4 Å². The molecule has 1 rings (SSSR count). The largest absolute Gasteiger partial charge is 0.330 e. The van der Waals surface area contributed by atoms with Crippen molar-refractivity contribution in [3.8, 4) is 0 Å². The topological polar surface area (TPSA) is 51.8 Å². The van der Waals surface area contributed by atoms with E-state index in [1.165, 1.54) is 0 Å². The maximum atomic E-state index is 5.38. The number of nitrogens with zero attached hydrogens (tertiary/aromatic N) is 2. The standard InChI is InChI=1S/C8H13N3S.BrH/c1-7-5-8(11-6-10-7)12-4-2-3-9;/h5-6H,2-4,9H2,1H3;1H. The number of aromatic nitrogens is 2. The highest BCUT2D eigenvalue weighted by Crippen LogP contribution is 2.14. The van der Waals surface area contributed by atoms with Crippen molar-refractivity contribution in [1.29, 1.82) is 0 Å². The first-order chi connectivity index (χ1) is 5.83. The van der Waals surface area contributed by atoms with E-state index in [1.54, 1.807) is 18.1 Å². The third-order valence-corrected chi connectivity index (χ3v) is 2.39. The van der Waals surface area contributed by atoms with E-state index in [1.807, 2.05) is 13.0 Å². The van der Waals surface area contributed by atoms with Gasteiger partial charge in [0, 0.05) is 11.4 Å². The molecule has 0 radical (unpaired) electrons. The number of aryl methyl sites for hydroxylation is 1. The number of thioether (sulfide) groups is 1. The summed E-state index contributed by atoms with van der Waals surface area (Å²) >= 11 is 1.73. The van der Waals surface area contributed by atoms with Crippen LogP contribution in [-0.2, 0) is 0 Å². The van der Waals surface area contributed by atoms with E-state index in [9.17, 15) is 0 Å². The summed E-state index contributed by atoms with van der Waals surface area (Å²) < 4.78 is 0. The lowest BCUT2D eigenvalue weighted by atomic mass is 10.5. The van der Waals surface area contributed by atoms with Crippen LogP contribution in [0.2, 0.25) is 0 Å². The maximum absolute atomic E-state index is 5.38. The second-order valence-electron chi connectivity index (χ2n) is 2.49. The second-order valence-corrected chi connectivity index (χ2v) is 3.60. The van der Waals surface area contributed by atoms with E-state index in [0.717, 1.165) is 29.4 Å². The van der Waals surface area contributed by atoms with Crippen LogP contribution in [0.25, 0.3) is 0 Å². The molecule has 2 N–H and O–H groups in total. The van der Waals surface area contributed by atoms with Crippen molar-refractivity contribution in [3.63, 3.8) is 0 Å². The van der Waals surface area contributed by atoms with E-state index in [-0.39, 0.29) is 17.0 Å². The molecule has 0 bridgehead atoms. The monoisotopic (exact) mass is 263 g/mol. The summed E-state index contributed by atoms with van der Waals surface area (Å²) in [7, 11) is 0. The van der Waals surface area contributed by atoms with Gasteiger partial charge < -0.3 is 5.73 Å². The Labute approximate surface area is 93.3 Å². The third kappa shape index (κ3) is 5.23. The molecule has 5 heteroatoms. The van der Waals surface area contributed by atoms with Gasteiger partial charge in [-0.15, -0.1) is 28.7 Å². The molecule has 1 aromatic heterocycles. The highest BCUT2D eigenvalue weighted by Gasteiger charge is 1.94. The lowest BCUT2D eigenvalue weighted by Crippen LogP contribution is -1.99. The Balaban J connectivity index is 0.00000144. The van der Waals surface area contributed by atoms with Crippen molar-refractivity contribution >= 4 is 28.7 Å². The number of rotatable bonds is 4. The highest BCUT2D eigenvalue weighted by molar-refractivity contribution is 8.93. The minimum absolute atomic E-state index is 0. The molecule has 0 saturated carbocycles. The van der Waals surface area contributed by atoms with Crippen LogP contribution >= 0.6 is 28.7 Å².